The molecule has 12 heavy (non-hydrogen) atoms. The molecule has 1 aromatic heterocycles. The van der Waals surface area contributed by atoms with Gasteiger partial charge in [-0.25, -0.2) is 4.98 Å². The Morgan fingerprint density at radius 3 is 2.75 bits per heavy atom. The second-order valence-corrected chi connectivity index (χ2v) is 2.91. The molecule has 64 valence electrons. The fraction of sp³-hybridized carbons (Fsp3) is 0.200. The summed E-state index contributed by atoms with van der Waals surface area (Å²) in [5.74, 6) is -0.824. The van der Waals surface area contributed by atoms with E-state index in [1.54, 1.807) is 0 Å². The molecule has 0 aliphatic heterocycles. The van der Waals surface area contributed by atoms with Crippen molar-refractivity contribution < 1.29 is 4.79 Å². The topological polar surface area (TPSA) is 111 Å². The Balaban J connectivity index is 2.94. The Labute approximate surface area is 71.6 Å². The summed E-state index contributed by atoms with van der Waals surface area (Å²) in [5.41, 5.74) is 10.4. The van der Waals surface area contributed by atoms with Crippen LogP contribution < -0.4 is 11.5 Å². The van der Waals surface area contributed by atoms with Crippen LogP contribution in [0.25, 0.3) is 0 Å². The summed E-state index contributed by atoms with van der Waals surface area (Å²) in [5, 5.41) is 4.29. The highest BCUT2D eigenvalue weighted by Crippen LogP contribution is 2.20. The number of carbonyl (C=O) groups is 1. The predicted octanol–water partition coefficient (Wildman–Crippen LogP) is 0.0181. The van der Waals surface area contributed by atoms with Gasteiger partial charge in [-0.05, 0) is 5.18 Å². The highest BCUT2D eigenvalue weighted by Gasteiger charge is 2.20. The van der Waals surface area contributed by atoms with Gasteiger partial charge < -0.3 is 11.5 Å². The second kappa shape index (κ2) is 3.26. The lowest BCUT2D eigenvalue weighted by molar-refractivity contribution is -0.119. The first-order valence-corrected chi connectivity index (χ1v) is 3.85. The lowest BCUT2D eigenvalue weighted by Gasteiger charge is -1.97. The number of amides is 1. The number of primary amides is 1. The van der Waals surface area contributed by atoms with E-state index >= 15 is 0 Å². The molecule has 7 heteroatoms. The maximum atomic E-state index is 10.6. The average molecular weight is 186 g/mol. The molecule has 1 heterocycles. The zero-order valence-corrected chi connectivity index (χ0v) is 6.75. The lowest BCUT2D eigenvalue weighted by Crippen LogP contribution is -2.19. The second-order valence-electron chi connectivity index (χ2n) is 2.02. The van der Waals surface area contributed by atoms with E-state index in [2.05, 4.69) is 10.2 Å². The number of anilines is 1. The van der Waals surface area contributed by atoms with Crippen LogP contribution in [0.4, 0.5) is 5.13 Å². The molecule has 0 aromatic carbocycles. The Morgan fingerprint density at radius 1 is 1.75 bits per heavy atom. The fourth-order valence-electron chi connectivity index (χ4n) is 0.678. The van der Waals surface area contributed by atoms with Crippen LogP contribution in [0.3, 0.4) is 0 Å². The van der Waals surface area contributed by atoms with Gasteiger partial charge in [0.05, 0.1) is 5.69 Å². The predicted molar refractivity (Wildman–Crippen MR) is 44.3 cm³/mol. The minimum absolute atomic E-state index is 0.208. The Morgan fingerprint density at radius 2 is 2.42 bits per heavy atom. The zero-order chi connectivity index (χ0) is 9.14. The van der Waals surface area contributed by atoms with Gasteiger partial charge >= 0.3 is 0 Å². The van der Waals surface area contributed by atoms with E-state index in [4.69, 9.17) is 11.5 Å². The third kappa shape index (κ3) is 1.56. The van der Waals surface area contributed by atoms with Crippen LogP contribution in [0.15, 0.2) is 10.6 Å². The number of rotatable bonds is 3. The summed E-state index contributed by atoms with van der Waals surface area (Å²) in [6.07, 6.45) is 0. The van der Waals surface area contributed by atoms with E-state index in [9.17, 15) is 9.70 Å². The van der Waals surface area contributed by atoms with E-state index in [0.29, 0.717) is 0 Å². The number of nitrogens with two attached hydrogens (primary N) is 2. The normalized spacial score (nSPS) is 12.3. The van der Waals surface area contributed by atoms with Gasteiger partial charge in [0.1, 0.15) is 0 Å². The zero-order valence-electron chi connectivity index (χ0n) is 5.93. The van der Waals surface area contributed by atoms with Crippen molar-refractivity contribution in [1.82, 2.24) is 4.98 Å². The summed E-state index contributed by atoms with van der Waals surface area (Å²) in [6.45, 7) is 0. The smallest absolute Gasteiger partial charge is 0.252 e. The molecule has 0 saturated carbocycles. The molecule has 0 fully saturated rings. The molecule has 4 N–H and O–H groups in total. The van der Waals surface area contributed by atoms with Crippen molar-refractivity contribution in [2.45, 2.75) is 6.04 Å². The number of nitrogen functional groups attached to an aromatic ring is 1. The first-order valence-electron chi connectivity index (χ1n) is 2.98. The summed E-state index contributed by atoms with van der Waals surface area (Å²) < 4.78 is 0. The minimum atomic E-state index is -1.22. The number of aromatic nitrogens is 1. The van der Waals surface area contributed by atoms with Crippen LogP contribution in [0.1, 0.15) is 11.7 Å². The molecule has 1 rings (SSSR count). The van der Waals surface area contributed by atoms with Crippen molar-refractivity contribution in [3.63, 3.8) is 0 Å². The molecule has 1 atom stereocenters. The highest BCUT2D eigenvalue weighted by molar-refractivity contribution is 7.13. The van der Waals surface area contributed by atoms with Gasteiger partial charge in [-0.3, -0.25) is 4.79 Å². The van der Waals surface area contributed by atoms with Crippen molar-refractivity contribution in [1.29, 1.82) is 0 Å². The monoisotopic (exact) mass is 186 g/mol. The van der Waals surface area contributed by atoms with Crippen LogP contribution in [0.2, 0.25) is 0 Å². The van der Waals surface area contributed by atoms with E-state index in [-0.39, 0.29) is 10.8 Å². The number of hydrogen-bond acceptors (Lipinski definition) is 6. The van der Waals surface area contributed by atoms with Gasteiger partial charge in [0.15, 0.2) is 5.13 Å². The fourth-order valence-corrected chi connectivity index (χ4v) is 1.26. The average Bonchev–Trinajstić information content (AvgIpc) is 2.37. The quantitative estimate of drug-likeness (QED) is 0.648. The Hall–Kier alpha value is -1.50. The van der Waals surface area contributed by atoms with Crippen molar-refractivity contribution >= 4 is 22.4 Å². The van der Waals surface area contributed by atoms with Gasteiger partial charge in [0, 0.05) is 5.38 Å². The summed E-state index contributed by atoms with van der Waals surface area (Å²) in [7, 11) is 0. The van der Waals surface area contributed by atoms with Crippen molar-refractivity contribution in [2.75, 3.05) is 5.73 Å². The summed E-state index contributed by atoms with van der Waals surface area (Å²) >= 11 is 1.13. The molecule has 0 aliphatic carbocycles. The SMILES string of the molecule is NC(=O)C(N=O)c1csc(N)n1. The molecule has 0 aliphatic rings. The van der Waals surface area contributed by atoms with Crippen LogP contribution >= 0.6 is 11.3 Å². The number of thiazole rings is 1. The Kier molecular flexibility index (Phi) is 2.34. The third-order valence-corrected chi connectivity index (χ3v) is 1.89. The molecule has 1 unspecified atom stereocenters. The first kappa shape index (κ1) is 8.60. The van der Waals surface area contributed by atoms with Gasteiger partial charge in [0.2, 0.25) is 6.04 Å². The van der Waals surface area contributed by atoms with Crippen molar-refractivity contribution in [3.8, 4) is 0 Å². The van der Waals surface area contributed by atoms with E-state index in [1.807, 2.05) is 0 Å². The maximum Gasteiger partial charge on any atom is 0.252 e. The van der Waals surface area contributed by atoms with Crippen LogP contribution in [0, 0.1) is 4.91 Å². The first-order chi connectivity index (χ1) is 5.65. The third-order valence-electron chi connectivity index (χ3n) is 1.19. The molecule has 1 amide bonds. The number of nitroso groups, excluding NO2 is 1. The van der Waals surface area contributed by atoms with Gasteiger partial charge in [-0.15, -0.1) is 16.2 Å². The number of nitrogens with zero attached hydrogens (tertiary/aromatic N) is 2. The van der Waals surface area contributed by atoms with Crippen LogP contribution in [0.5, 0.6) is 0 Å². The molecule has 1 aromatic rings. The van der Waals surface area contributed by atoms with Crippen molar-refractivity contribution in [2.24, 2.45) is 10.9 Å². The molecule has 0 saturated heterocycles. The van der Waals surface area contributed by atoms with Crippen molar-refractivity contribution in [3.05, 3.63) is 16.0 Å². The number of hydrogen-bond donors (Lipinski definition) is 2. The molecular weight excluding hydrogens is 180 g/mol. The summed E-state index contributed by atoms with van der Waals surface area (Å²) in [4.78, 5) is 24.4. The van der Waals surface area contributed by atoms with E-state index < -0.39 is 11.9 Å². The molecule has 0 spiro atoms. The van der Waals surface area contributed by atoms with Gasteiger partial charge in [-0.2, -0.15) is 0 Å². The molecule has 0 bridgehead atoms. The largest absolute Gasteiger partial charge is 0.375 e. The Bertz CT molecular complexity index is 310. The standard InChI is InChI=1S/C5H6N4O2S/c6-4(10)3(9-11)2-1-12-5(7)8-2/h1,3H,(H2,6,10)(H2,7,8). The molecule has 0 radical (unpaired) electrons. The lowest BCUT2D eigenvalue weighted by atomic mass is 10.2. The number of carbonyl (C=O) groups excluding carboxylic acids is 1. The van der Waals surface area contributed by atoms with E-state index in [1.165, 1.54) is 5.38 Å². The van der Waals surface area contributed by atoms with Crippen LogP contribution in [-0.4, -0.2) is 10.9 Å². The molecule has 6 nitrogen and oxygen atoms in total. The van der Waals surface area contributed by atoms with E-state index in [0.717, 1.165) is 11.3 Å². The maximum absolute atomic E-state index is 10.6. The highest BCUT2D eigenvalue weighted by atomic mass is 32.1. The van der Waals surface area contributed by atoms with Crippen LogP contribution in [-0.2, 0) is 4.79 Å². The summed E-state index contributed by atoms with van der Waals surface area (Å²) in [6, 6.07) is -1.22. The minimum Gasteiger partial charge on any atom is -0.375 e. The van der Waals surface area contributed by atoms with Gasteiger partial charge in [0.25, 0.3) is 5.91 Å². The molecular formula is C5H6N4O2S. The van der Waals surface area contributed by atoms with Gasteiger partial charge in [-0.1, -0.05) is 0 Å².